The lowest BCUT2D eigenvalue weighted by Crippen LogP contribution is -2.05. The van der Waals surface area contributed by atoms with Gasteiger partial charge in [0.15, 0.2) is 0 Å². The maximum Gasteiger partial charge on any atom is 0.107 e. The lowest BCUT2D eigenvalue weighted by Gasteiger charge is -2.15. The van der Waals surface area contributed by atoms with E-state index in [0.717, 1.165) is 22.4 Å². The zero-order chi connectivity index (χ0) is 14.1. The van der Waals surface area contributed by atoms with E-state index >= 15 is 0 Å². The summed E-state index contributed by atoms with van der Waals surface area (Å²) >= 11 is 5.97. The van der Waals surface area contributed by atoms with Crippen molar-refractivity contribution in [2.24, 2.45) is 0 Å². The molecule has 2 aromatic rings. The SMILES string of the molecule is OCCc1ccc2c(c1)[C@H](O)c1cc(Cl)cnc1C=C2. The Hall–Kier alpha value is -1.68. The van der Waals surface area contributed by atoms with Gasteiger partial charge in [-0.1, -0.05) is 35.9 Å². The Kier molecular flexibility index (Phi) is 3.57. The fourth-order valence-electron chi connectivity index (χ4n) is 2.46. The van der Waals surface area contributed by atoms with Gasteiger partial charge in [-0.15, -0.1) is 0 Å². The van der Waals surface area contributed by atoms with Crippen LogP contribution in [0.3, 0.4) is 0 Å². The van der Waals surface area contributed by atoms with Crippen LogP contribution >= 0.6 is 11.6 Å². The lowest BCUT2D eigenvalue weighted by atomic mass is 9.95. The summed E-state index contributed by atoms with van der Waals surface area (Å²) in [6.07, 6.45) is 5.20. The van der Waals surface area contributed by atoms with Gasteiger partial charge in [-0.25, -0.2) is 0 Å². The number of aromatic nitrogens is 1. The largest absolute Gasteiger partial charge is 0.396 e. The topological polar surface area (TPSA) is 53.4 Å². The number of hydrogen-bond donors (Lipinski definition) is 2. The molecule has 0 bridgehead atoms. The van der Waals surface area contributed by atoms with E-state index in [0.29, 0.717) is 17.0 Å². The first-order chi connectivity index (χ1) is 9.69. The molecular weight excluding hydrogens is 274 g/mol. The fraction of sp³-hybridized carbons (Fsp3) is 0.188. The van der Waals surface area contributed by atoms with Crippen molar-refractivity contribution in [2.75, 3.05) is 6.61 Å². The number of fused-ring (bicyclic) bond motifs is 2. The molecular formula is C16H14ClNO2. The first-order valence-corrected chi connectivity index (χ1v) is 6.82. The highest BCUT2D eigenvalue weighted by Gasteiger charge is 2.20. The minimum Gasteiger partial charge on any atom is -0.396 e. The van der Waals surface area contributed by atoms with E-state index in [1.807, 2.05) is 30.4 Å². The fourth-order valence-corrected chi connectivity index (χ4v) is 2.62. The van der Waals surface area contributed by atoms with Crippen LogP contribution in [0, 0.1) is 0 Å². The second kappa shape index (κ2) is 5.37. The van der Waals surface area contributed by atoms with Gasteiger partial charge in [0.05, 0.1) is 10.7 Å². The number of aliphatic hydroxyl groups excluding tert-OH is 2. The van der Waals surface area contributed by atoms with E-state index in [4.69, 9.17) is 16.7 Å². The number of hydrogen-bond acceptors (Lipinski definition) is 3. The van der Waals surface area contributed by atoms with E-state index in [2.05, 4.69) is 4.98 Å². The molecule has 1 aliphatic carbocycles. The van der Waals surface area contributed by atoms with Gasteiger partial charge in [-0.2, -0.15) is 0 Å². The second-order valence-corrected chi connectivity index (χ2v) is 5.24. The van der Waals surface area contributed by atoms with Gasteiger partial charge in [0, 0.05) is 18.4 Å². The quantitative estimate of drug-likeness (QED) is 0.893. The first kappa shape index (κ1) is 13.3. The van der Waals surface area contributed by atoms with Crippen molar-refractivity contribution < 1.29 is 10.2 Å². The molecule has 2 N–H and O–H groups in total. The molecule has 3 rings (SSSR count). The van der Waals surface area contributed by atoms with Crippen LogP contribution in [0.1, 0.15) is 34.1 Å². The molecule has 20 heavy (non-hydrogen) atoms. The Bertz CT molecular complexity index is 682. The van der Waals surface area contributed by atoms with Gasteiger partial charge < -0.3 is 10.2 Å². The Morgan fingerprint density at radius 3 is 2.80 bits per heavy atom. The van der Waals surface area contributed by atoms with Gasteiger partial charge in [0.2, 0.25) is 0 Å². The van der Waals surface area contributed by atoms with E-state index in [1.165, 1.54) is 0 Å². The molecule has 0 amide bonds. The Morgan fingerprint density at radius 2 is 2.00 bits per heavy atom. The minimum absolute atomic E-state index is 0.0920. The summed E-state index contributed by atoms with van der Waals surface area (Å²) < 4.78 is 0. The molecule has 1 atom stereocenters. The van der Waals surface area contributed by atoms with Gasteiger partial charge in [-0.05, 0) is 35.3 Å². The number of halogens is 1. The van der Waals surface area contributed by atoms with Crippen LogP contribution in [0.2, 0.25) is 5.02 Å². The highest BCUT2D eigenvalue weighted by molar-refractivity contribution is 6.30. The van der Waals surface area contributed by atoms with Crippen molar-refractivity contribution in [3.8, 4) is 0 Å². The number of aliphatic hydroxyl groups is 2. The number of nitrogens with zero attached hydrogens (tertiary/aromatic N) is 1. The minimum atomic E-state index is -0.764. The summed E-state index contributed by atoms with van der Waals surface area (Å²) in [5.41, 5.74) is 4.19. The number of rotatable bonds is 2. The number of benzene rings is 1. The molecule has 0 radical (unpaired) electrons. The molecule has 3 nitrogen and oxygen atoms in total. The summed E-state index contributed by atoms with van der Waals surface area (Å²) in [7, 11) is 0. The Labute approximate surface area is 122 Å². The molecule has 0 fully saturated rings. The van der Waals surface area contributed by atoms with Crippen LogP contribution in [-0.4, -0.2) is 21.8 Å². The van der Waals surface area contributed by atoms with Gasteiger partial charge in [-0.3, -0.25) is 4.98 Å². The summed E-state index contributed by atoms with van der Waals surface area (Å²) in [5.74, 6) is 0. The molecule has 102 valence electrons. The lowest BCUT2D eigenvalue weighted by molar-refractivity contribution is 0.219. The average molecular weight is 288 g/mol. The molecule has 4 heteroatoms. The summed E-state index contributed by atoms with van der Waals surface area (Å²) in [6, 6.07) is 7.58. The van der Waals surface area contributed by atoms with E-state index in [1.54, 1.807) is 12.3 Å². The predicted molar refractivity (Wildman–Crippen MR) is 79.5 cm³/mol. The third-order valence-electron chi connectivity index (χ3n) is 3.48. The highest BCUT2D eigenvalue weighted by Crippen LogP contribution is 2.33. The molecule has 1 aromatic carbocycles. The van der Waals surface area contributed by atoms with Crippen LogP contribution < -0.4 is 0 Å². The molecule has 0 spiro atoms. The third kappa shape index (κ3) is 2.36. The van der Waals surface area contributed by atoms with Gasteiger partial charge >= 0.3 is 0 Å². The van der Waals surface area contributed by atoms with E-state index < -0.39 is 6.10 Å². The monoisotopic (exact) mass is 287 g/mol. The van der Waals surface area contributed by atoms with Crippen molar-refractivity contribution in [1.29, 1.82) is 0 Å². The van der Waals surface area contributed by atoms with Crippen LogP contribution in [-0.2, 0) is 6.42 Å². The zero-order valence-electron chi connectivity index (χ0n) is 10.8. The summed E-state index contributed by atoms with van der Waals surface area (Å²) in [6.45, 7) is 0.0920. The van der Waals surface area contributed by atoms with Gasteiger partial charge in [0.25, 0.3) is 0 Å². The highest BCUT2D eigenvalue weighted by atomic mass is 35.5. The molecule has 0 unspecified atom stereocenters. The molecule has 0 saturated carbocycles. The predicted octanol–water partition coefficient (Wildman–Crippen LogP) is 2.84. The Morgan fingerprint density at radius 1 is 1.15 bits per heavy atom. The number of pyridine rings is 1. The first-order valence-electron chi connectivity index (χ1n) is 6.44. The van der Waals surface area contributed by atoms with E-state index in [-0.39, 0.29) is 6.61 Å². The molecule has 1 aliphatic rings. The zero-order valence-corrected chi connectivity index (χ0v) is 11.5. The molecule has 0 aliphatic heterocycles. The molecule has 0 saturated heterocycles. The summed E-state index contributed by atoms with van der Waals surface area (Å²) in [5, 5.41) is 20.2. The van der Waals surface area contributed by atoms with Crippen molar-refractivity contribution in [1.82, 2.24) is 4.98 Å². The average Bonchev–Trinajstić information content (AvgIpc) is 2.58. The van der Waals surface area contributed by atoms with Crippen molar-refractivity contribution >= 4 is 23.8 Å². The summed E-state index contributed by atoms with van der Waals surface area (Å²) in [4.78, 5) is 4.25. The standard InChI is InChI=1S/C16H14ClNO2/c17-12-8-14-15(18-9-12)4-3-11-2-1-10(5-6-19)7-13(11)16(14)20/h1-4,7-9,16,19-20H,5-6H2/t16-/m0/s1. The van der Waals surface area contributed by atoms with E-state index in [9.17, 15) is 5.11 Å². The normalized spacial score (nSPS) is 16.4. The third-order valence-corrected chi connectivity index (χ3v) is 3.68. The van der Waals surface area contributed by atoms with Crippen LogP contribution in [0.5, 0.6) is 0 Å². The van der Waals surface area contributed by atoms with Gasteiger partial charge in [0.1, 0.15) is 6.10 Å². The maximum atomic E-state index is 10.6. The molecule has 1 heterocycles. The molecule has 1 aromatic heterocycles. The second-order valence-electron chi connectivity index (χ2n) is 4.80. The maximum absolute atomic E-state index is 10.6. The van der Waals surface area contributed by atoms with Crippen LogP contribution in [0.4, 0.5) is 0 Å². The van der Waals surface area contributed by atoms with Crippen LogP contribution in [0.25, 0.3) is 12.2 Å². The Balaban J connectivity index is 2.13. The smallest absolute Gasteiger partial charge is 0.107 e. The van der Waals surface area contributed by atoms with Crippen molar-refractivity contribution in [2.45, 2.75) is 12.5 Å². The van der Waals surface area contributed by atoms with Crippen molar-refractivity contribution in [3.05, 3.63) is 63.4 Å². The van der Waals surface area contributed by atoms with Crippen LogP contribution in [0.15, 0.2) is 30.5 Å². The van der Waals surface area contributed by atoms with Crippen molar-refractivity contribution in [3.63, 3.8) is 0 Å².